The van der Waals surface area contributed by atoms with Crippen molar-refractivity contribution in [3.05, 3.63) is 38.8 Å². The molecule has 8 heteroatoms. The van der Waals surface area contributed by atoms with Crippen molar-refractivity contribution in [2.24, 2.45) is 0 Å². The van der Waals surface area contributed by atoms with Crippen LogP contribution in [0.15, 0.2) is 22.6 Å². The van der Waals surface area contributed by atoms with Crippen LogP contribution in [-0.4, -0.2) is 40.0 Å². The van der Waals surface area contributed by atoms with Gasteiger partial charge >= 0.3 is 0 Å². The number of carbonyl (C=O) groups is 1. The first-order valence-electron chi connectivity index (χ1n) is 8.21. The van der Waals surface area contributed by atoms with Crippen molar-refractivity contribution in [1.29, 1.82) is 0 Å². The first-order valence-corrected chi connectivity index (χ1v) is 9.09. The molecule has 4 rings (SSSR count). The largest absolute Gasteiger partial charge is 0.351 e. The molecule has 1 atom stereocenters. The van der Waals surface area contributed by atoms with Crippen molar-refractivity contribution in [2.75, 3.05) is 18.0 Å². The molecule has 1 amide bonds. The van der Waals surface area contributed by atoms with Crippen molar-refractivity contribution < 1.29 is 4.79 Å². The zero-order valence-corrected chi connectivity index (χ0v) is 14.0. The van der Waals surface area contributed by atoms with Crippen LogP contribution in [0.1, 0.15) is 35.9 Å². The van der Waals surface area contributed by atoms with Gasteiger partial charge in [-0.1, -0.05) is 0 Å². The molecule has 0 aromatic carbocycles. The van der Waals surface area contributed by atoms with E-state index in [0.29, 0.717) is 31.2 Å². The highest BCUT2D eigenvalue weighted by Crippen LogP contribution is 2.41. The summed E-state index contributed by atoms with van der Waals surface area (Å²) in [6.07, 6.45) is 6.68. The van der Waals surface area contributed by atoms with E-state index in [1.165, 1.54) is 24.0 Å². The summed E-state index contributed by atoms with van der Waals surface area (Å²) in [5, 5.41) is 6.20. The lowest BCUT2D eigenvalue weighted by Gasteiger charge is -2.16. The lowest BCUT2D eigenvalue weighted by Crippen LogP contribution is -2.38. The van der Waals surface area contributed by atoms with Crippen molar-refractivity contribution in [3.8, 4) is 0 Å². The quantitative estimate of drug-likeness (QED) is 0.845. The lowest BCUT2D eigenvalue weighted by molar-refractivity contribution is -0.121. The van der Waals surface area contributed by atoms with Crippen LogP contribution in [0, 0.1) is 0 Å². The third-order valence-corrected chi connectivity index (χ3v) is 5.44. The summed E-state index contributed by atoms with van der Waals surface area (Å²) in [5.74, 6) is 1.04. The average Bonchev–Trinajstić information content (AvgIpc) is 3.15. The molecule has 2 aromatic rings. The molecule has 1 saturated heterocycles. The van der Waals surface area contributed by atoms with E-state index in [2.05, 4.69) is 20.3 Å². The number of carbonyl (C=O) groups excluding carboxylic acids is 1. The molecule has 1 aliphatic carbocycles. The molecule has 1 aliphatic heterocycles. The molecule has 2 aliphatic rings. The Bertz CT molecular complexity index is 798. The maximum absolute atomic E-state index is 12.2. The highest BCUT2D eigenvalue weighted by Gasteiger charge is 2.28. The summed E-state index contributed by atoms with van der Waals surface area (Å²) in [7, 11) is 0. The number of rotatable bonds is 5. The molecule has 0 bridgehead atoms. The van der Waals surface area contributed by atoms with Crippen LogP contribution in [0.4, 0.5) is 5.82 Å². The number of aromatic amines is 1. The van der Waals surface area contributed by atoms with E-state index in [4.69, 9.17) is 0 Å². The number of hydrogen-bond acceptors (Lipinski definition) is 6. The molecule has 0 spiro atoms. The van der Waals surface area contributed by atoms with Gasteiger partial charge in [-0.2, -0.15) is 0 Å². The lowest BCUT2D eigenvalue weighted by atomic mass is 10.2. The van der Waals surface area contributed by atoms with Crippen molar-refractivity contribution in [2.45, 2.75) is 37.6 Å². The van der Waals surface area contributed by atoms with Gasteiger partial charge in [0.2, 0.25) is 5.91 Å². The van der Waals surface area contributed by atoms with E-state index >= 15 is 0 Å². The van der Waals surface area contributed by atoms with E-state index in [1.807, 2.05) is 10.3 Å². The van der Waals surface area contributed by atoms with E-state index < -0.39 is 0 Å². The normalized spacial score (nSPS) is 20.3. The van der Waals surface area contributed by atoms with Gasteiger partial charge in [-0.15, -0.1) is 11.3 Å². The molecular formula is C16H19N5O2S. The van der Waals surface area contributed by atoms with E-state index in [0.717, 1.165) is 12.1 Å². The summed E-state index contributed by atoms with van der Waals surface area (Å²) in [6, 6.07) is 0.0421. The number of nitrogens with one attached hydrogen (secondary N) is 2. The molecule has 3 heterocycles. The van der Waals surface area contributed by atoms with E-state index in [-0.39, 0.29) is 17.5 Å². The third-order valence-electron chi connectivity index (χ3n) is 4.38. The Morgan fingerprint density at radius 3 is 3.08 bits per heavy atom. The molecule has 126 valence electrons. The van der Waals surface area contributed by atoms with Gasteiger partial charge < -0.3 is 15.2 Å². The van der Waals surface area contributed by atoms with Crippen LogP contribution in [0.2, 0.25) is 0 Å². The average molecular weight is 345 g/mol. The maximum atomic E-state index is 12.2. The van der Waals surface area contributed by atoms with Gasteiger partial charge in [0.15, 0.2) is 5.82 Å². The zero-order chi connectivity index (χ0) is 16.5. The number of thiazole rings is 1. The molecular weight excluding hydrogens is 326 g/mol. The highest BCUT2D eigenvalue weighted by molar-refractivity contribution is 7.09. The predicted octanol–water partition coefficient (Wildman–Crippen LogP) is 1.04. The number of H-pyrrole nitrogens is 1. The summed E-state index contributed by atoms with van der Waals surface area (Å²) in [5.41, 5.74) is 0.662. The van der Waals surface area contributed by atoms with Crippen molar-refractivity contribution in [3.63, 3.8) is 0 Å². The Morgan fingerprint density at radius 2 is 2.29 bits per heavy atom. The Kier molecular flexibility index (Phi) is 4.05. The minimum Gasteiger partial charge on any atom is -0.351 e. The SMILES string of the molecule is O=C(Cc1csc(C2CC2)n1)NC1CCN(c2ncc[nH]c2=O)C1. The number of anilines is 1. The maximum Gasteiger partial charge on any atom is 0.290 e. The number of amides is 1. The molecule has 24 heavy (non-hydrogen) atoms. The van der Waals surface area contributed by atoms with E-state index in [1.54, 1.807) is 17.5 Å². The fourth-order valence-corrected chi connectivity index (χ4v) is 4.00. The van der Waals surface area contributed by atoms with Crippen LogP contribution < -0.4 is 15.8 Å². The van der Waals surface area contributed by atoms with Gasteiger partial charge in [0, 0.05) is 42.8 Å². The standard InChI is InChI=1S/C16H19N5O2S/c22-13(7-12-9-24-16(20-12)10-1-2-10)19-11-3-6-21(8-11)14-15(23)18-5-4-17-14/h4-5,9-11H,1-3,6-8H2,(H,18,23)(H,19,22). The number of hydrogen-bond donors (Lipinski definition) is 2. The van der Waals surface area contributed by atoms with Crippen LogP contribution >= 0.6 is 11.3 Å². The summed E-state index contributed by atoms with van der Waals surface area (Å²) in [6.45, 7) is 1.32. The Hall–Kier alpha value is -2.22. The van der Waals surface area contributed by atoms with Gasteiger partial charge in [0.25, 0.3) is 5.56 Å². The molecule has 1 unspecified atom stereocenters. The zero-order valence-electron chi connectivity index (χ0n) is 13.2. The Balaban J connectivity index is 1.31. The highest BCUT2D eigenvalue weighted by atomic mass is 32.1. The topological polar surface area (TPSA) is 91.0 Å². The van der Waals surface area contributed by atoms with Crippen LogP contribution in [0.3, 0.4) is 0 Å². The fourth-order valence-electron chi connectivity index (χ4n) is 3.00. The summed E-state index contributed by atoms with van der Waals surface area (Å²) >= 11 is 1.66. The number of aromatic nitrogens is 3. The molecule has 0 radical (unpaired) electrons. The molecule has 7 nitrogen and oxygen atoms in total. The van der Waals surface area contributed by atoms with E-state index in [9.17, 15) is 9.59 Å². The fraction of sp³-hybridized carbons (Fsp3) is 0.500. The molecule has 2 aromatic heterocycles. The smallest absolute Gasteiger partial charge is 0.290 e. The molecule has 1 saturated carbocycles. The van der Waals surface area contributed by atoms with Crippen molar-refractivity contribution >= 4 is 23.1 Å². The molecule has 2 fully saturated rings. The second-order valence-corrected chi connectivity index (χ2v) is 7.26. The Morgan fingerprint density at radius 1 is 1.42 bits per heavy atom. The van der Waals surface area contributed by atoms with Gasteiger partial charge in [-0.05, 0) is 19.3 Å². The Labute approximate surface area is 143 Å². The van der Waals surface area contributed by atoms with Crippen LogP contribution in [0.25, 0.3) is 0 Å². The summed E-state index contributed by atoms with van der Waals surface area (Å²) in [4.78, 5) is 37.2. The van der Waals surface area contributed by atoms with Gasteiger partial charge in [0.05, 0.1) is 17.1 Å². The van der Waals surface area contributed by atoms with Crippen LogP contribution in [-0.2, 0) is 11.2 Å². The van der Waals surface area contributed by atoms with Crippen molar-refractivity contribution in [1.82, 2.24) is 20.3 Å². The van der Waals surface area contributed by atoms with Crippen LogP contribution in [0.5, 0.6) is 0 Å². The van der Waals surface area contributed by atoms with Gasteiger partial charge in [-0.3, -0.25) is 9.59 Å². The van der Waals surface area contributed by atoms with Gasteiger partial charge in [0.1, 0.15) is 0 Å². The molecule has 2 N–H and O–H groups in total. The first-order chi connectivity index (χ1) is 11.7. The monoisotopic (exact) mass is 345 g/mol. The summed E-state index contributed by atoms with van der Waals surface area (Å²) < 4.78 is 0. The second kappa shape index (κ2) is 6.35. The number of nitrogens with zero attached hydrogens (tertiary/aromatic N) is 3. The first kappa shape index (κ1) is 15.3. The minimum atomic E-state index is -0.195. The van der Waals surface area contributed by atoms with Gasteiger partial charge in [-0.25, -0.2) is 9.97 Å². The predicted molar refractivity (Wildman–Crippen MR) is 91.4 cm³/mol. The minimum absolute atomic E-state index is 0.00979. The third kappa shape index (κ3) is 3.33. The second-order valence-electron chi connectivity index (χ2n) is 6.37.